The van der Waals surface area contributed by atoms with E-state index in [9.17, 15) is 19.5 Å². The Morgan fingerprint density at radius 2 is 1.59 bits per heavy atom. The van der Waals surface area contributed by atoms with Crippen LogP contribution in [0.15, 0.2) is 78.9 Å². The topological polar surface area (TPSA) is 117 Å². The van der Waals surface area contributed by atoms with E-state index in [1.807, 2.05) is 66.7 Å². The van der Waals surface area contributed by atoms with E-state index in [2.05, 4.69) is 27.7 Å². The van der Waals surface area contributed by atoms with Gasteiger partial charge < -0.3 is 25.2 Å². The van der Waals surface area contributed by atoms with E-state index in [-0.39, 0.29) is 19.1 Å². The van der Waals surface area contributed by atoms with E-state index in [0.717, 1.165) is 27.8 Å². The molecular weight excluding hydrogens is 522 g/mol. The number of carboxylic acid groups (broad SMARTS) is 1. The zero-order valence-electron chi connectivity index (χ0n) is 23.2. The summed E-state index contributed by atoms with van der Waals surface area (Å²) in [6, 6.07) is 24.7. The molecule has 3 unspecified atom stereocenters. The molecule has 3 atom stereocenters. The third-order valence-electron chi connectivity index (χ3n) is 8.11. The van der Waals surface area contributed by atoms with Crippen molar-refractivity contribution in [2.75, 3.05) is 26.8 Å². The Hall–Kier alpha value is -4.21. The maximum atomic E-state index is 13.7. The highest BCUT2D eigenvalue weighted by molar-refractivity contribution is 5.93. The third-order valence-corrected chi connectivity index (χ3v) is 8.11. The monoisotopic (exact) mass is 557 g/mol. The van der Waals surface area contributed by atoms with Crippen LogP contribution in [0, 0.1) is 0 Å². The number of nitrogens with zero attached hydrogens (tertiary/aromatic N) is 1. The molecule has 3 N–H and O–H groups in total. The minimum atomic E-state index is -1.38. The fourth-order valence-electron chi connectivity index (χ4n) is 5.83. The van der Waals surface area contributed by atoms with E-state index in [1.54, 1.807) is 6.92 Å². The largest absolute Gasteiger partial charge is 0.480 e. The molecule has 0 radical (unpaired) electrons. The van der Waals surface area contributed by atoms with Crippen LogP contribution in [-0.4, -0.2) is 72.5 Å². The van der Waals surface area contributed by atoms with Crippen molar-refractivity contribution in [1.82, 2.24) is 15.5 Å². The Morgan fingerprint density at radius 3 is 2.20 bits per heavy atom. The number of methoxy groups -OCH3 is 1. The molecule has 1 aliphatic carbocycles. The lowest BCUT2D eigenvalue weighted by molar-refractivity contribution is -0.146. The summed E-state index contributed by atoms with van der Waals surface area (Å²) >= 11 is 0. The molecule has 0 aromatic heterocycles. The molecule has 41 heavy (non-hydrogen) atoms. The van der Waals surface area contributed by atoms with Crippen LogP contribution in [0.5, 0.6) is 0 Å². The van der Waals surface area contributed by atoms with Crippen LogP contribution >= 0.6 is 0 Å². The number of hydrogen-bond acceptors (Lipinski definition) is 6. The lowest BCUT2D eigenvalue weighted by Gasteiger charge is -2.31. The van der Waals surface area contributed by atoms with Crippen molar-refractivity contribution >= 4 is 18.0 Å². The van der Waals surface area contributed by atoms with Crippen LogP contribution in [0.25, 0.3) is 11.1 Å². The highest BCUT2D eigenvalue weighted by atomic mass is 16.5. The molecule has 0 bridgehead atoms. The van der Waals surface area contributed by atoms with Gasteiger partial charge in [0.25, 0.3) is 0 Å². The number of alkyl carbamates (subject to hydrolysis) is 1. The summed E-state index contributed by atoms with van der Waals surface area (Å²) in [6.45, 7) is 2.99. The van der Waals surface area contributed by atoms with E-state index in [4.69, 9.17) is 9.47 Å². The standard InChI is InChI=1S/C32H35N3O6/c1-21(40-2)28(29(36)37)33-30(38)32(16-17-35(20-32)18-22-10-4-3-5-11-22)34-31(39)41-19-27-25-14-8-6-12-23(25)24-13-7-9-15-26(24)27/h3-15,21,27-28H,16-20H2,1-2H3,(H,33,38)(H,34,39)(H,36,37). The normalized spacial score (nSPS) is 19.6. The van der Waals surface area contributed by atoms with Crippen LogP contribution in [0.3, 0.4) is 0 Å². The first-order chi connectivity index (χ1) is 19.8. The Labute approximate surface area is 239 Å². The van der Waals surface area contributed by atoms with Gasteiger partial charge in [-0.2, -0.15) is 0 Å². The van der Waals surface area contributed by atoms with E-state index < -0.39 is 35.7 Å². The van der Waals surface area contributed by atoms with Crippen LogP contribution in [0.1, 0.15) is 36.0 Å². The lowest BCUT2D eigenvalue weighted by Crippen LogP contribution is -2.64. The van der Waals surface area contributed by atoms with Gasteiger partial charge >= 0.3 is 12.1 Å². The summed E-state index contributed by atoms with van der Waals surface area (Å²) < 4.78 is 10.9. The first-order valence-corrected chi connectivity index (χ1v) is 13.8. The first kappa shape index (κ1) is 28.3. The summed E-state index contributed by atoms with van der Waals surface area (Å²) in [5.74, 6) is -1.93. The second-order valence-corrected chi connectivity index (χ2v) is 10.7. The van der Waals surface area contributed by atoms with Gasteiger partial charge in [-0.1, -0.05) is 78.9 Å². The van der Waals surface area contributed by atoms with E-state index in [0.29, 0.717) is 19.5 Å². The predicted octanol–water partition coefficient (Wildman–Crippen LogP) is 3.77. The lowest BCUT2D eigenvalue weighted by atomic mass is 9.96. The maximum absolute atomic E-state index is 13.7. The summed E-state index contributed by atoms with van der Waals surface area (Å²) in [4.78, 5) is 41.0. The highest BCUT2D eigenvalue weighted by Gasteiger charge is 2.48. The number of rotatable bonds is 10. The summed E-state index contributed by atoms with van der Waals surface area (Å²) in [6.07, 6.45) is -1.20. The Kier molecular flexibility index (Phi) is 8.37. The molecule has 214 valence electrons. The minimum Gasteiger partial charge on any atom is -0.480 e. The van der Waals surface area contributed by atoms with Crippen LogP contribution < -0.4 is 10.6 Å². The molecule has 3 aromatic carbocycles. The first-order valence-electron chi connectivity index (χ1n) is 13.8. The number of likely N-dealkylation sites (tertiary alicyclic amines) is 1. The molecule has 0 saturated carbocycles. The number of amides is 2. The predicted molar refractivity (Wildman–Crippen MR) is 153 cm³/mol. The molecule has 5 rings (SSSR count). The molecule has 1 heterocycles. The van der Waals surface area contributed by atoms with Crippen molar-refractivity contribution in [1.29, 1.82) is 0 Å². The molecule has 0 spiro atoms. The van der Waals surface area contributed by atoms with Gasteiger partial charge in [0.1, 0.15) is 12.1 Å². The van der Waals surface area contributed by atoms with Crippen LogP contribution in [0.4, 0.5) is 4.79 Å². The number of fused-ring (bicyclic) bond motifs is 3. The van der Waals surface area contributed by atoms with Crippen LogP contribution in [-0.2, 0) is 25.6 Å². The van der Waals surface area contributed by atoms with Gasteiger partial charge in [-0.15, -0.1) is 0 Å². The Balaban J connectivity index is 1.33. The molecule has 2 amide bonds. The smallest absolute Gasteiger partial charge is 0.408 e. The molecule has 3 aromatic rings. The van der Waals surface area contributed by atoms with E-state index in [1.165, 1.54) is 7.11 Å². The Morgan fingerprint density at radius 1 is 0.976 bits per heavy atom. The van der Waals surface area contributed by atoms with E-state index >= 15 is 0 Å². The summed E-state index contributed by atoms with van der Waals surface area (Å²) in [5, 5.41) is 15.2. The van der Waals surface area contributed by atoms with Crippen molar-refractivity contribution in [3.63, 3.8) is 0 Å². The van der Waals surface area contributed by atoms with Gasteiger partial charge in [0.05, 0.1) is 6.10 Å². The third kappa shape index (κ3) is 5.96. The zero-order chi connectivity index (χ0) is 29.0. The molecule has 2 aliphatic rings. The summed E-state index contributed by atoms with van der Waals surface area (Å²) in [7, 11) is 1.38. The number of hydrogen-bond donors (Lipinski definition) is 3. The van der Waals surface area contributed by atoms with Crippen LogP contribution in [0.2, 0.25) is 0 Å². The second-order valence-electron chi connectivity index (χ2n) is 10.7. The highest BCUT2D eigenvalue weighted by Crippen LogP contribution is 2.44. The molecule has 9 nitrogen and oxygen atoms in total. The molecule has 1 fully saturated rings. The fraction of sp³-hybridized carbons (Fsp3) is 0.344. The quantitative estimate of drug-likeness (QED) is 0.347. The van der Waals surface area contributed by atoms with Crippen molar-refractivity contribution in [3.8, 4) is 11.1 Å². The second kappa shape index (κ2) is 12.1. The molecule has 1 saturated heterocycles. The Bertz CT molecular complexity index is 1370. The number of carbonyl (C=O) groups excluding carboxylic acids is 2. The number of nitrogens with one attached hydrogen (secondary N) is 2. The fourth-order valence-corrected chi connectivity index (χ4v) is 5.83. The van der Waals surface area contributed by atoms with Crippen molar-refractivity contribution in [2.45, 2.75) is 43.5 Å². The average molecular weight is 558 g/mol. The van der Waals surface area contributed by atoms with Gasteiger partial charge in [-0.05, 0) is 41.2 Å². The SMILES string of the molecule is COC(C)C(NC(=O)C1(NC(=O)OCC2c3ccccc3-c3ccccc32)CCN(Cc2ccccc2)C1)C(=O)O. The van der Waals surface area contributed by atoms with Gasteiger partial charge in [-0.25, -0.2) is 9.59 Å². The van der Waals surface area contributed by atoms with Crippen molar-refractivity contribution in [3.05, 3.63) is 95.6 Å². The number of aliphatic carboxylic acids is 1. The van der Waals surface area contributed by atoms with Gasteiger partial charge in [0.15, 0.2) is 6.04 Å². The van der Waals surface area contributed by atoms with Crippen molar-refractivity contribution in [2.24, 2.45) is 0 Å². The zero-order valence-corrected chi connectivity index (χ0v) is 23.2. The molecular formula is C32H35N3O6. The minimum absolute atomic E-state index is 0.101. The maximum Gasteiger partial charge on any atom is 0.408 e. The number of carboxylic acids is 1. The number of benzene rings is 3. The van der Waals surface area contributed by atoms with Gasteiger partial charge in [0, 0.05) is 32.7 Å². The van der Waals surface area contributed by atoms with Gasteiger partial charge in [-0.3, -0.25) is 9.69 Å². The molecule has 9 heteroatoms. The molecule has 1 aliphatic heterocycles. The summed E-state index contributed by atoms with van der Waals surface area (Å²) in [5.41, 5.74) is 4.10. The number of carbonyl (C=O) groups is 3. The average Bonchev–Trinajstić information content (AvgIpc) is 3.54. The number of ether oxygens (including phenoxy) is 2. The van der Waals surface area contributed by atoms with Crippen molar-refractivity contribution < 1.29 is 29.0 Å². The van der Waals surface area contributed by atoms with Gasteiger partial charge in [0.2, 0.25) is 5.91 Å².